The molecule has 0 aliphatic carbocycles. The first kappa shape index (κ1) is 84.1. The molecule has 0 rings (SSSR count). The highest BCUT2D eigenvalue weighted by Gasteiger charge is 2.30. The summed E-state index contributed by atoms with van der Waals surface area (Å²) in [6, 6.07) is 0. The van der Waals surface area contributed by atoms with Crippen LogP contribution in [-0.4, -0.2) is 96.7 Å². The first-order valence-electron chi connectivity index (χ1n) is 34.7. The summed E-state index contributed by atoms with van der Waals surface area (Å²) in [6.45, 7) is 14.0. The maximum absolute atomic E-state index is 13.0. The van der Waals surface area contributed by atoms with Crippen LogP contribution in [0.1, 0.15) is 325 Å². The third-order valence-corrected chi connectivity index (χ3v) is 17.6. The van der Waals surface area contributed by atoms with E-state index < -0.39 is 97.5 Å². The van der Waals surface area contributed by atoms with Crippen LogP contribution in [0, 0.1) is 23.7 Å². The van der Waals surface area contributed by atoms with E-state index in [0.717, 1.165) is 115 Å². The number of ether oxygens (including phenoxy) is 4. The normalized spacial score (nSPS) is 14.7. The van der Waals surface area contributed by atoms with Gasteiger partial charge < -0.3 is 33.8 Å². The summed E-state index contributed by atoms with van der Waals surface area (Å²) in [5, 5.41) is 10.6. The SMILES string of the molecule is CCC(C)CCCCCCCCC(=O)OC[C@H](COP(=O)(O)OC[C@@H](O)COP(=O)(O)OC[C@@H](COC(=O)CCCCCCCCC(C)C)OC(=O)CCCCCCCCCCCCCCCCC(C)C)OC(=O)CCCCCCCCCC(C)C. The second-order valence-electron chi connectivity index (χ2n) is 25.9. The van der Waals surface area contributed by atoms with Crippen LogP contribution < -0.4 is 0 Å². The van der Waals surface area contributed by atoms with Gasteiger partial charge in [-0.1, -0.05) is 274 Å². The summed E-state index contributed by atoms with van der Waals surface area (Å²) in [7, 11) is -9.89. The molecular formula is C67H130O17P2. The van der Waals surface area contributed by atoms with Gasteiger partial charge in [-0.25, -0.2) is 9.13 Å². The van der Waals surface area contributed by atoms with E-state index in [9.17, 15) is 43.2 Å². The Bertz CT molecular complexity index is 1720. The molecule has 3 unspecified atom stereocenters. The molecule has 0 saturated heterocycles. The molecule has 0 amide bonds. The van der Waals surface area contributed by atoms with E-state index >= 15 is 0 Å². The summed E-state index contributed by atoms with van der Waals surface area (Å²) >= 11 is 0. The van der Waals surface area contributed by atoms with Gasteiger partial charge >= 0.3 is 39.5 Å². The topological polar surface area (TPSA) is 237 Å². The van der Waals surface area contributed by atoms with Gasteiger partial charge in [0, 0.05) is 25.7 Å². The van der Waals surface area contributed by atoms with Crippen LogP contribution in [-0.2, 0) is 65.4 Å². The molecule has 86 heavy (non-hydrogen) atoms. The van der Waals surface area contributed by atoms with Gasteiger partial charge in [0.25, 0.3) is 0 Å². The molecule has 0 bridgehead atoms. The number of carbonyl (C=O) groups is 4. The molecule has 0 aromatic carbocycles. The Morgan fingerprint density at radius 1 is 0.326 bits per heavy atom. The molecule has 0 fully saturated rings. The number of aliphatic hydroxyl groups is 1. The van der Waals surface area contributed by atoms with Crippen LogP contribution in [0.2, 0.25) is 0 Å². The summed E-state index contributed by atoms with van der Waals surface area (Å²) in [5.74, 6) is 0.763. The molecular weight excluding hydrogens is 1140 g/mol. The van der Waals surface area contributed by atoms with E-state index in [1.807, 2.05) is 0 Å². The van der Waals surface area contributed by atoms with Crippen LogP contribution in [0.4, 0.5) is 0 Å². The fraction of sp³-hybridized carbons (Fsp3) is 0.940. The Kier molecular flexibility index (Phi) is 55.7. The van der Waals surface area contributed by atoms with Gasteiger partial charge in [0.15, 0.2) is 12.2 Å². The Hall–Kier alpha value is -1.94. The Morgan fingerprint density at radius 2 is 0.558 bits per heavy atom. The van der Waals surface area contributed by atoms with Crippen LogP contribution in [0.3, 0.4) is 0 Å². The minimum Gasteiger partial charge on any atom is -0.462 e. The Morgan fingerprint density at radius 3 is 0.826 bits per heavy atom. The van der Waals surface area contributed by atoms with Gasteiger partial charge in [-0.2, -0.15) is 0 Å². The second-order valence-corrected chi connectivity index (χ2v) is 28.8. The number of phosphoric ester groups is 2. The molecule has 0 spiro atoms. The van der Waals surface area contributed by atoms with Crippen molar-refractivity contribution in [1.29, 1.82) is 0 Å². The van der Waals surface area contributed by atoms with Crippen molar-refractivity contribution in [3.05, 3.63) is 0 Å². The molecule has 19 heteroatoms. The second kappa shape index (κ2) is 57.0. The molecule has 17 nitrogen and oxygen atoms in total. The van der Waals surface area contributed by atoms with Crippen molar-refractivity contribution in [3.8, 4) is 0 Å². The summed E-state index contributed by atoms with van der Waals surface area (Å²) in [6.07, 6.45) is 37.9. The van der Waals surface area contributed by atoms with E-state index in [0.29, 0.717) is 37.5 Å². The van der Waals surface area contributed by atoms with Crippen molar-refractivity contribution in [2.24, 2.45) is 23.7 Å². The van der Waals surface area contributed by atoms with Crippen molar-refractivity contribution in [1.82, 2.24) is 0 Å². The lowest BCUT2D eigenvalue weighted by molar-refractivity contribution is -0.161. The highest BCUT2D eigenvalue weighted by Crippen LogP contribution is 2.45. The smallest absolute Gasteiger partial charge is 0.462 e. The van der Waals surface area contributed by atoms with Gasteiger partial charge in [-0.3, -0.25) is 37.3 Å². The third-order valence-electron chi connectivity index (χ3n) is 15.7. The quantitative estimate of drug-likeness (QED) is 0.0222. The zero-order valence-electron chi connectivity index (χ0n) is 55.9. The predicted octanol–water partition coefficient (Wildman–Crippen LogP) is 18.5. The average Bonchev–Trinajstić information content (AvgIpc) is 3.63. The lowest BCUT2D eigenvalue weighted by atomic mass is 10.00. The van der Waals surface area contributed by atoms with Gasteiger partial charge in [0.1, 0.15) is 19.3 Å². The van der Waals surface area contributed by atoms with E-state index in [1.54, 1.807) is 0 Å². The maximum Gasteiger partial charge on any atom is 0.472 e. The average molecular weight is 1270 g/mol. The summed E-state index contributed by atoms with van der Waals surface area (Å²) in [5.41, 5.74) is 0. The lowest BCUT2D eigenvalue weighted by Crippen LogP contribution is -2.30. The van der Waals surface area contributed by atoms with Gasteiger partial charge in [-0.15, -0.1) is 0 Å². The van der Waals surface area contributed by atoms with Crippen molar-refractivity contribution in [2.75, 3.05) is 39.6 Å². The monoisotopic (exact) mass is 1270 g/mol. The third kappa shape index (κ3) is 59.7. The predicted molar refractivity (Wildman–Crippen MR) is 344 cm³/mol. The molecule has 0 saturated carbocycles. The number of phosphoric acid groups is 2. The molecule has 0 heterocycles. The largest absolute Gasteiger partial charge is 0.472 e. The molecule has 510 valence electrons. The van der Waals surface area contributed by atoms with Crippen LogP contribution in [0.25, 0.3) is 0 Å². The summed E-state index contributed by atoms with van der Waals surface area (Å²) in [4.78, 5) is 72.3. The number of unbranched alkanes of at least 4 members (excludes halogenated alkanes) is 29. The Labute approximate surface area is 524 Å². The maximum atomic E-state index is 13.0. The van der Waals surface area contributed by atoms with E-state index in [-0.39, 0.29) is 25.7 Å². The lowest BCUT2D eigenvalue weighted by Gasteiger charge is -2.21. The molecule has 0 radical (unpaired) electrons. The van der Waals surface area contributed by atoms with Crippen molar-refractivity contribution < 1.29 is 80.2 Å². The van der Waals surface area contributed by atoms with E-state index in [4.69, 9.17) is 37.0 Å². The first-order valence-corrected chi connectivity index (χ1v) is 37.7. The zero-order valence-corrected chi connectivity index (χ0v) is 57.7. The van der Waals surface area contributed by atoms with Crippen molar-refractivity contribution in [2.45, 2.75) is 343 Å². The fourth-order valence-electron chi connectivity index (χ4n) is 9.93. The van der Waals surface area contributed by atoms with Crippen molar-refractivity contribution >= 4 is 39.5 Å². The van der Waals surface area contributed by atoms with Crippen LogP contribution in [0.5, 0.6) is 0 Å². The zero-order chi connectivity index (χ0) is 63.9. The highest BCUT2D eigenvalue weighted by atomic mass is 31.2. The van der Waals surface area contributed by atoms with Crippen LogP contribution >= 0.6 is 15.6 Å². The van der Waals surface area contributed by atoms with Gasteiger partial charge in [0.2, 0.25) is 0 Å². The number of hydrogen-bond acceptors (Lipinski definition) is 15. The molecule has 0 aromatic heterocycles. The van der Waals surface area contributed by atoms with E-state index in [1.165, 1.54) is 116 Å². The molecule has 0 aliphatic rings. The van der Waals surface area contributed by atoms with E-state index in [2.05, 4.69) is 55.4 Å². The van der Waals surface area contributed by atoms with Crippen LogP contribution in [0.15, 0.2) is 0 Å². The minimum atomic E-state index is -4.95. The first-order chi connectivity index (χ1) is 41.1. The fourth-order valence-corrected chi connectivity index (χ4v) is 11.5. The van der Waals surface area contributed by atoms with Gasteiger partial charge in [-0.05, 0) is 49.4 Å². The van der Waals surface area contributed by atoms with Gasteiger partial charge in [0.05, 0.1) is 26.4 Å². The van der Waals surface area contributed by atoms with Crippen molar-refractivity contribution in [3.63, 3.8) is 0 Å². The number of hydrogen-bond donors (Lipinski definition) is 3. The number of carbonyl (C=O) groups excluding carboxylic acids is 4. The minimum absolute atomic E-state index is 0.102. The highest BCUT2D eigenvalue weighted by molar-refractivity contribution is 7.47. The number of esters is 4. The molecule has 6 atom stereocenters. The number of rotatable bonds is 64. The standard InChI is InChI=1S/C67H130O17P2/c1-9-60(8)46-38-30-24-26-32-40-48-65(70)78-54-63(84-67(72)50-42-34-22-18-20-28-36-44-58(4)5)56-82-86(75,76)80-52-61(68)51-79-85(73,74)81-55-62(53-77-64(69)47-39-31-25-23-29-37-45-59(6)7)83-66(71)49-41-33-21-17-15-13-11-10-12-14-16-19-27-35-43-57(2)3/h57-63,68H,9-56H2,1-8H3,(H,73,74)(H,75,76)/t60?,61-,62+,63+/m0/s1. The Balaban J connectivity index is 5.21. The summed E-state index contributed by atoms with van der Waals surface area (Å²) < 4.78 is 68.1. The number of aliphatic hydroxyl groups excluding tert-OH is 1. The molecule has 0 aromatic rings. The molecule has 0 aliphatic heterocycles. The molecule has 3 N–H and O–H groups in total.